The van der Waals surface area contributed by atoms with Crippen LogP contribution < -0.4 is 0 Å². The second kappa shape index (κ2) is 8.55. The number of carboxylic acids is 1. The molecular formula is C27H22Cl2N2O4S. The van der Waals surface area contributed by atoms with E-state index in [1.807, 2.05) is 18.2 Å². The first-order valence-corrected chi connectivity index (χ1v) is 13.7. The molecule has 9 heteroatoms. The predicted octanol–water partition coefficient (Wildman–Crippen LogP) is 7.54. The summed E-state index contributed by atoms with van der Waals surface area (Å²) in [5.41, 5.74) is 3.48. The molecule has 0 saturated heterocycles. The van der Waals surface area contributed by atoms with E-state index in [-0.39, 0.29) is 6.10 Å². The molecule has 2 bridgehead atoms. The largest absolute Gasteiger partial charge is 0.478 e. The number of aromatic carboxylic acids is 1. The number of halogens is 2. The number of hydrogen-bond acceptors (Lipinski definition) is 6. The first-order valence-electron chi connectivity index (χ1n) is 12.2. The van der Waals surface area contributed by atoms with E-state index in [1.165, 1.54) is 0 Å². The fourth-order valence-electron chi connectivity index (χ4n) is 5.93. The molecule has 0 amide bonds. The van der Waals surface area contributed by atoms with Gasteiger partial charge in [-0.15, -0.1) is 11.3 Å². The molecule has 0 radical (unpaired) electrons. The van der Waals surface area contributed by atoms with Gasteiger partial charge in [-0.2, -0.15) is 0 Å². The van der Waals surface area contributed by atoms with Gasteiger partial charge in [-0.05, 0) is 67.9 Å². The number of benzene rings is 2. The maximum atomic E-state index is 11.3. The highest BCUT2D eigenvalue weighted by atomic mass is 35.5. The number of aromatic nitrogens is 2. The van der Waals surface area contributed by atoms with E-state index in [2.05, 4.69) is 5.16 Å². The first-order chi connectivity index (χ1) is 17.5. The van der Waals surface area contributed by atoms with E-state index in [4.69, 9.17) is 37.4 Å². The van der Waals surface area contributed by atoms with Crippen LogP contribution in [0.3, 0.4) is 0 Å². The summed E-state index contributed by atoms with van der Waals surface area (Å²) >= 11 is 14.6. The topological polar surface area (TPSA) is 85.5 Å². The third-order valence-corrected chi connectivity index (χ3v) is 9.65. The Hall–Kier alpha value is -2.45. The Kier molecular flexibility index (Phi) is 5.40. The lowest BCUT2D eigenvalue weighted by molar-refractivity contribution is 0.0145. The summed E-state index contributed by atoms with van der Waals surface area (Å²) in [5, 5.41) is 15.9. The van der Waals surface area contributed by atoms with Crippen molar-refractivity contribution in [1.29, 1.82) is 0 Å². The lowest BCUT2D eigenvalue weighted by Gasteiger charge is -2.35. The van der Waals surface area contributed by atoms with Gasteiger partial charge in [0.25, 0.3) is 0 Å². The summed E-state index contributed by atoms with van der Waals surface area (Å²) in [5.74, 6) is 1.68. The van der Waals surface area contributed by atoms with E-state index >= 15 is 0 Å². The van der Waals surface area contributed by atoms with Gasteiger partial charge in [0.15, 0.2) is 0 Å². The Balaban J connectivity index is 1.13. The van der Waals surface area contributed by atoms with Crippen molar-refractivity contribution in [2.24, 2.45) is 11.8 Å². The van der Waals surface area contributed by atoms with Crippen LogP contribution in [-0.4, -0.2) is 27.3 Å². The molecule has 1 N–H and O–H groups in total. The summed E-state index contributed by atoms with van der Waals surface area (Å²) in [4.78, 5) is 16.2. The van der Waals surface area contributed by atoms with Gasteiger partial charge >= 0.3 is 5.97 Å². The molecule has 4 fully saturated rings. The number of hydrogen-bond donors (Lipinski definition) is 1. The van der Waals surface area contributed by atoms with Crippen molar-refractivity contribution in [3.8, 4) is 11.3 Å². The second-order valence-corrected chi connectivity index (χ2v) is 11.9. The lowest BCUT2D eigenvalue weighted by Crippen LogP contribution is -2.29. The van der Waals surface area contributed by atoms with Crippen molar-refractivity contribution >= 4 is 50.7 Å². The fourth-order valence-corrected chi connectivity index (χ4v) is 7.78. The van der Waals surface area contributed by atoms with Crippen molar-refractivity contribution in [1.82, 2.24) is 10.1 Å². The zero-order chi connectivity index (χ0) is 24.6. The molecule has 36 heavy (non-hydrogen) atoms. The van der Waals surface area contributed by atoms with Crippen LogP contribution in [0.1, 0.15) is 64.2 Å². The molecule has 2 aromatic carbocycles. The molecule has 2 aromatic heterocycles. The molecule has 4 saturated carbocycles. The molecule has 0 spiro atoms. The maximum absolute atomic E-state index is 11.3. The first kappa shape index (κ1) is 22.7. The Morgan fingerprint density at radius 2 is 1.97 bits per heavy atom. The second-order valence-electron chi connectivity index (χ2n) is 10.1. The normalized spacial score (nSPS) is 24.8. The summed E-state index contributed by atoms with van der Waals surface area (Å²) in [6, 6.07) is 10.6. The van der Waals surface area contributed by atoms with Gasteiger partial charge in [0.2, 0.25) is 0 Å². The average molecular weight is 541 g/mol. The Bertz CT molecular complexity index is 1490. The minimum absolute atomic E-state index is 0.137. The SMILES string of the molecule is O=C(O)c1ccc2nc(C3C4CC3[C@H](OCc3c(-c5c(Cl)cccc5Cl)noc3C3CC3)C4)sc2c1. The van der Waals surface area contributed by atoms with Crippen LogP contribution in [-0.2, 0) is 11.3 Å². The molecule has 184 valence electrons. The van der Waals surface area contributed by atoms with E-state index in [1.54, 1.807) is 29.5 Å². The number of carbonyl (C=O) groups is 1. The number of thiazole rings is 1. The molecule has 8 rings (SSSR count). The molecule has 0 aliphatic heterocycles. The zero-order valence-corrected chi connectivity index (χ0v) is 21.4. The number of rotatable bonds is 7. The van der Waals surface area contributed by atoms with Gasteiger partial charge in [0, 0.05) is 23.0 Å². The molecule has 3 unspecified atom stereocenters. The van der Waals surface area contributed by atoms with Crippen molar-refractivity contribution in [2.45, 2.75) is 50.2 Å². The van der Waals surface area contributed by atoms with Crippen LogP contribution in [0.4, 0.5) is 0 Å². The number of ether oxygens (including phenoxy) is 1. The van der Waals surface area contributed by atoms with Gasteiger partial charge < -0.3 is 14.4 Å². The Labute approximate surface area is 221 Å². The number of fused-ring (bicyclic) bond motifs is 2. The average Bonchev–Trinajstić information content (AvgIpc) is 3.17. The highest BCUT2D eigenvalue weighted by Crippen LogP contribution is 2.61. The van der Waals surface area contributed by atoms with Crippen LogP contribution in [0.15, 0.2) is 40.9 Å². The quantitative estimate of drug-likeness (QED) is 0.260. The van der Waals surface area contributed by atoms with Gasteiger partial charge in [-0.25, -0.2) is 9.78 Å². The lowest BCUT2D eigenvalue weighted by atomic mass is 9.72. The highest BCUT2D eigenvalue weighted by Gasteiger charge is 2.55. The van der Waals surface area contributed by atoms with E-state index in [0.29, 0.717) is 57.1 Å². The van der Waals surface area contributed by atoms with Crippen LogP contribution in [0.25, 0.3) is 21.5 Å². The molecule has 4 aliphatic carbocycles. The van der Waals surface area contributed by atoms with Crippen molar-refractivity contribution in [3.05, 3.63) is 68.3 Å². The van der Waals surface area contributed by atoms with Crippen LogP contribution in [0.5, 0.6) is 0 Å². The molecule has 4 atom stereocenters. The maximum Gasteiger partial charge on any atom is 0.335 e. The Morgan fingerprint density at radius 3 is 2.72 bits per heavy atom. The molecule has 4 aliphatic rings. The highest BCUT2D eigenvalue weighted by molar-refractivity contribution is 7.18. The van der Waals surface area contributed by atoms with E-state index in [9.17, 15) is 9.90 Å². The number of nitrogens with zero attached hydrogens (tertiary/aromatic N) is 2. The summed E-state index contributed by atoms with van der Waals surface area (Å²) in [6.07, 6.45) is 4.45. The monoisotopic (exact) mass is 540 g/mol. The van der Waals surface area contributed by atoms with Gasteiger partial charge in [0.1, 0.15) is 11.5 Å². The predicted molar refractivity (Wildman–Crippen MR) is 138 cm³/mol. The van der Waals surface area contributed by atoms with Crippen molar-refractivity contribution in [2.75, 3.05) is 0 Å². The van der Waals surface area contributed by atoms with Gasteiger partial charge in [0.05, 0.1) is 43.5 Å². The van der Waals surface area contributed by atoms with Crippen LogP contribution in [0.2, 0.25) is 10.0 Å². The summed E-state index contributed by atoms with van der Waals surface area (Å²) in [6.45, 7) is 0.411. The smallest absolute Gasteiger partial charge is 0.335 e. The molecule has 6 nitrogen and oxygen atoms in total. The van der Waals surface area contributed by atoms with Crippen LogP contribution >= 0.6 is 34.5 Å². The van der Waals surface area contributed by atoms with Crippen LogP contribution in [0, 0.1) is 11.8 Å². The number of carboxylic acid groups (broad SMARTS) is 1. The Morgan fingerprint density at radius 1 is 1.17 bits per heavy atom. The van der Waals surface area contributed by atoms with Gasteiger partial charge in [-0.1, -0.05) is 34.4 Å². The fraction of sp³-hybridized carbons (Fsp3) is 0.370. The van der Waals surface area contributed by atoms with Gasteiger partial charge in [-0.3, -0.25) is 0 Å². The third kappa shape index (κ3) is 3.67. The third-order valence-electron chi connectivity index (χ3n) is 7.90. The zero-order valence-electron chi connectivity index (χ0n) is 19.1. The standard InChI is InChI=1S/C27H22Cl2N2O4S/c28-17-2-1-3-18(29)23(17)24-16(25(35-31-24)12-4-5-12)11-34-20-9-14-8-15(20)22(14)26-30-19-7-6-13(27(32)33)10-21(19)36-26/h1-3,6-7,10,12,14-15,20,22H,4-5,8-9,11H2,(H,32,33)/t14?,15?,20-,22?/m1/s1. The minimum Gasteiger partial charge on any atom is -0.478 e. The van der Waals surface area contributed by atoms with Crippen molar-refractivity contribution < 1.29 is 19.2 Å². The summed E-state index contributed by atoms with van der Waals surface area (Å²) in [7, 11) is 0. The minimum atomic E-state index is -0.916. The van der Waals surface area contributed by atoms with E-state index < -0.39 is 5.97 Å². The molecular weight excluding hydrogens is 519 g/mol. The summed E-state index contributed by atoms with van der Waals surface area (Å²) < 4.78 is 13.3. The molecule has 4 aromatic rings. The van der Waals surface area contributed by atoms with Crippen molar-refractivity contribution in [3.63, 3.8) is 0 Å². The van der Waals surface area contributed by atoms with E-state index in [0.717, 1.165) is 52.2 Å². The molecule has 2 heterocycles.